The summed E-state index contributed by atoms with van der Waals surface area (Å²) in [5.41, 5.74) is 6.87. The third-order valence-corrected chi connectivity index (χ3v) is 2.84. The van der Waals surface area contributed by atoms with Crippen molar-refractivity contribution in [2.75, 3.05) is 33.7 Å². The Bertz CT molecular complexity index is 357. The molecule has 1 amide bonds. The molecule has 0 atom stereocenters. The van der Waals surface area contributed by atoms with Gasteiger partial charge in [0.2, 0.25) is 5.91 Å². The fraction of sp³-hybridized carbons (Fsp3) is 0.500. The zero-order valence-corrected chi connectivity index (χ0v) is 12.5. The molecule has 0 aliphatic heterocycles. The molecule has 108 valence electrons. The molecule has 0 aromatic heterocycles. The maximum absolute atomic E-state index is 11.6. The normalized spacial score (nSPS) is 10.1. The van der Waals surface area contributed by atoms with Gasteiger partial charge in [0, 0.05) is 46.7 Å². The molecule has 0 saturated carbocycles. The zero-order valence-electron chi connectivity index (χ0n) is 11.7. The third-order valence-electron chi connectivity index (χ3n) is 2.84. The van der Waals surface area contributed by atoms with Gasteiger partial charge in [-0.1, -0.05) is 30.3 Å². The number of benzene rings is 1. The van der Waals surface area contributed by atoms with Gasteiger partial charge < -0.3 is 10.6 Å². The second-order valence-corrected chi connectivity index (χ2v) is 4.59. The van der Waals surface area contributed by atoms with Crippen LogP contribution in [0.3, 0.4) is 0 Å². The molecule has 1 rings (SSSR count). The first-order chi connectivity index (χ1) is 8.63. The predicted molar refractivity (Wildman–Crippen MR) is 81.3 cm³/mol. The van der Waals surface area contributed by atoms with Gasteiger partial charge in [-0.05, 0) is 5.56 Å². The molecule has 0 radical (unpaired) electrons. The van der Waals surface area contributed by atoms with Crippen molar-refractivity contribution in [3.05, 3.63) is 35.9 Å². The van der Waals surface area contributed by atoms with Gasteiger partial charge in [0.05, 0.1) is 0 Å². The lowest BCUT2D eigenvalue weighted by atomic mass is 10.2. The number of nitrogens with zero attached hydrogens (tertiary/aromatic N) is 2. The number of carbonyl (C=O) groups is 1. The highest BCUT2D eigenvalue weighted by Gasteiger charge is 2.09. The van der Waals surface area contributed by atoms with E-state index in [1.807, 2.05) is 18.2 Å². The summed E-state index contributed by atoms with van der Waals surface area (Å²) >= 11 is 0. The van der Waals surface area contributed by atoms with E-state index in [2.05, 4.69) is 17.0 Å². The van der Waals surface area contributed by atoms with Gasteiger partial charge in [-0.25, -0.2) is 0 Å². The van der Waals surface area contributed by atoms with Crippen molar-refractivity contribution >= 4 is 18.3 Å². The topological polar surface area (TPSA) is 49.6 Å². The summed E-state index contributed by atoms with van der Waals surface area (Å²) in [7, 11) is 3.57. The van der Waals surface area contributed by atoms with E-state index in [0.717, 1.165) is 19.6 Å². The Morgan fingerprint density at radius 2 is 1.79 bits per heavy atom. The van der Waals surface area contributed by atoms with E-state index < -0.39 is 0 Å². The standard InChI is InChI=1S/C14H23N3O.ClH/c1-16(2)14(18)8-10-17(11-9-15)12-13-6-4-3-5-7-13;/h3-7H,8-12,15H2,1-2H3;1H. The number of amides is 1. The Labute approximate surface area is 122 Å². The maximum Gasteiger partial charge on any atom is 0.223 e. The van der Waals surface area contributed by atoms with Crippen LogP contribution in [0.2, 0.25) is 0 Å². The van der Waals surface area contributed by atoms with Crippen molar-refractivity contribution in [1.82, 2.24) is 9.80 Å². The van der Waals surface area contributed by atoms with Crippen LogP contribution in [-0.2, 0) is 11.3 Å². The second kappa shape index (κ2) is 9.78. The van der Waals surface area contributed by atoms with Crippen LogP contribution < -0.4 is 5.73 Å². The molecule has 2 N–H and O–H groups in total. The molecular formula is C14H24ClN3O. The molecule has 5 heteroatoms. The minimum Gasteiger partial charge on any atom is -0.349 e. The van der Waals surface area contributed by atoms with E-state index in [1.54, 1.807) is 19.0 Å². The van der Waals surface area contributed by atoms with E-state index in [9.17, 15) is 4.79 Å². The molecule has 0 aliphatic rings. The van der Waals surface area contributed by atoms with Gasteiger partial charge in [0.1, 0.15) is 0 Å². The molecule has 0 bridgehead atoms. The maximum atomic E-state index is 11.6. The predicted octanol–water partition coefficient (Wildman–Crippen LogP) is 1.35. The quantitative estimate of drug-likeness (QED) is 0.823. The number of carbonyl (C=O) groups excluding carboxylic acids is 1. The highest BCUT2D eigenvalue weighted by Crippen LogP contribution is 2.05. The Morgan fingerprint density at radius 3 is 2.32 bits per heavy atom. The number of nitrogens with two attached hydrogens (primary N) is 1. The van der Waals surface area contributed by atoms with Gasteiger partial charge >= 0.3 is 0 Å². The molecule has 0 spiro atoms. The van der Waals surface area contributed by atoms with Crippen LogP contribution >= 0.6 is 12.4 Å². The number of halogens is 1. The molecule has 1 aromatic carbocycles. The minimum atomic E-state index is 0. The van der Waals surface area contributed by atoms with Crippen molar-refractivity contribution in [2.24, 2.45) is 5.73 Å². The summed E-state index contributed by atoms with van der Waals surface area (Å²) in [5.74, 6) is 0.157. The lowest BCUT2D eigenvalue weighted by molar-refractivity contribution is -0.129. The van der Waals surface area contributed by atoms with Crippen LogP contribution in [0, 0.1) is 0 Å². The first-order valence-electron chi connectivity index (χ1n) is 6.30. The van der Waals surface area contributed by atoms with E-state index in [1.165, 1.54) is 5.56 Å². The summed E-state index contributed by atoms with van der Waals surface area (Å²) in [6, 6.07) is 10.3. The molecule has 4 nitrogen and oxygen atoms in total. The van der Waals surface area contributed by atoms with Gasteiger partial charge in [0.15, 0.2) is 0 Å². The SMILES string of the molecule is CN(C)C(=O)CCN(CCN)Cc1ccccc1.Cl. The number of rotatable bonds is 7. The third kappa shape index (κ3) is 7.15. The van der Waals surface area contributed by atoms with Crippen molar-refractivity contribution in [3.8, 4) is 0 Å². The van der Waals surface area contributed by atoms with E-state index in [-0.39, 0.29) is 18.3 Å². The summed E-state index contributed by atoms with van der Waals surface area (Å²) in [5, 5.41) is 0. The Balaban J connectivity index is 0.00000324. The largest absolute Gasteiger partial charge is 0.349 e. The minimum absolute atomic E-state index is 0. The Morgan fingerprint density at radius 1 is 1.16 bits per heavy atom. The van der Waals surface area contributed by atoms with Crippen LogP contribution in [0.25, 0.3) is 0 Å². The van der Waals surface area contributed by atoms with Gasteiger partial charge in [-0.15, -0.1) is 12.4 Å². The Hall–Kier alpha value is -1.10. The monoisotopic (exact) mass is 285 g/mol. The highest BCUT2D eigenvalue weighted by atomic mass is 35.5. The van der Waals surface area contributed by atoms with E-state index >= 15 is 0 Å². The van der Waals surface area contributed by atoms with Crippen LogP contribution in [0.4, 0.5) is 0 Å². The smallest absolute Gasteiger partial charge is 0.223 e. The summed E-state index contributed by atoms with van der Waals surface area (Å²) in [4.78, 5) is 15.4. The second-order valence-electron chi connectivity index (χ2n) is 4.59. The van der Waals surface area contributed by atoms with E-state index in [4.69, 9.17) is 5.73 Å². The van der Waals surface area contributed by atoms with Crippen LogP contribution in [0.5, 0.6) is 0 Å². The zero-order chi connectivity index (χ0) is 13.4. The molecule has 0 saturated heterocycles. The lowest BCUT2D eigenvalue weighted by Crippen LogP contribution is -2.33. The summed E-state index contributed by atoms with van der Waals surface area (Å²) in [6.45, 7) is 3.03. The van der Waals surface area contributed by atoms with Gasteiger partial charge in [0.25, 0.3) is 0 Å². The molecule has 0 aliphatic carbocycles. The molecule has 0 heterocycles. The van der Waals surface area contributed by atoms with Gasteiger partial charge in [-0.2, -0.15) is 0 Å². The molecule has 0 unspecified atom stereocenters. The van der Waals surface area contributed by atoms with Crippen molar-refractivity contribution in [1.29, 1.82) is 0 Å². The van der Waals surface area contributed by atoms with E-state index in [0.29, 0.717) is 13.0 Å². The molecular weight excluding hydrogens is 262 g/mol. The van der Waals surface area contributed by atoms with Gasteiger partial charge in [-0.3, -0.25) is 9.69 Å². The highest BCUT2D eigenvalue weighted by molar-refractivity contribution is 5.85. The fourth-order valence-corrected chi connectivity index (χ4v) is 1.77. The Kier molecular flexibility index (Phi) is 9.21. The first-order valence-corrected chi connectivity index (χ1v) is 6.30. The molecule has 19 heavy (non-hydrogen) atoms. The van der Waals surface area contributed by atoms with Crippen molar-refractivity contribution in [3.63, 3.8) is 0 Å². The average Bonchev–Trinajstić information content (AvgIpc) is 2.37. The number of hydrogen-bond donors (Lipinski definition) is 1. The molecule has 0 fully saturated rings. The summed E-state index contributed by atoms with van der Waals surface area (Å²) in [6.07, 6.45) is 0.542. The van der Waals surface area contributed by atoms with Crippen LogP contribution in [0.15, 0.2) is 30.3 Å². The molecule has 1 aromatic rings. The summed E-state index contributed by atoms with van der Waals surface area (Å²) < 4.78 is 0. The van der Waals surface area contributed by atoms with Crippen LogP contribution in [-0.4, -0.2) is 49.4 Å². The van der Waals surface area contributed by atoms with Crippen LogP contribution in [0.1, 0.15) is 12.0 Å². The van der Waals surface area contributed by atoms with Crippen molar-refractivity contribution < 1.29 is 4.79 Å². The lowest BCUT2D eigenvalue weighted by Gasteiger charge is -2.22. The fourth-order valence-electron chi connectivity index (χ4n) is 1.77. The first kappa shape index (κ1) is 17.9. The number of hydrogen-bond acceptors (Lipinski definition) is 3. The van der Waals surface area contributed by atoms with Crippen molar-refractivity contribution in [2.45, 2.75) is 13.0 Å². The average molecular weight is 286 g/mol.